The van der Waals surface area contributed by atoms with Crippen LogP contribution in [0.1, 0.15) is 47.3 Å². The van der Waals surface area contributed by atoms with Gasteiger partial charge < -0.3 is 20.1 Å². The van der Waals surface area contributed by atoms with E-state index in [-0.39, 0.29) is 24.6 Å². The van der Waals surface area contributed by atoms with Crippen LogP contribution in [0.4, 0.5) is 5.82 Å². The second kappa shape index (κ2) is 8.70. The Kier molecular flexibility index (Phi) is 5.99. The number of nitrogen functional groups attached to an aromatic ring is 1. The van der Waals surface area contributed by atoms with E-state index in [0.717, 1.165) is 16.5 Å². The Morgan fingerprint density at radius 2 is 2.23 bits per heavy atom. The number of anilines is 1. The lowest BCUT2D eigenvalue weighted by molar-refractivity contribution is 0.0532. The second-order valence-electron chi connectivity index (χ2n) is 7.51. The number of hydrogen-bond acceptors (Lipinski definition) is 8. The summed E-state index contributed by atoms with van der Waals surface area (Å²) in [6.45, 7) is 4.86. The molecular formula is C21H23ClN6O3. The maximum Gasteiger partial charge on any atom is 0.273 e. The van der Waals surface area contributed by atoms with Gasteiger partial charge in [-0.2, -0.15) is 5.10 Å². The van der Waals surface area contributed by atoms with Gasteiger partial charge in [-0.3, -0.25) is 4.79 Å². The predicted octanol–water partition coefficient (Wildman–Crippen LogP) is 2.92. The van der Waals surface area contributed by atoms with Crippen LogP contribution in [-0.4, -0.2) is 50.7 Å². The maximum absolute atomic E-state index is 13.5. The Bertz CT molecular complexity index is 1120. The molecule has 1 amide bonds. The third-order valence-electron chi connectivity index (χ3n) is 5.37. The average molecular weight is 443 g/mol. The molecule has 0 aliphatic carbocycles. The molecule has 1 aliphatic rings. The summed E-state index contributed by atoms with van der Waals surface area (Å²) in [5.41, 5.74) is 9.47. The number of nitrogens with zero attached hydrogens (tertiary/aromatic N) is 5. The number of methoxy groups -OCH3 is 1. The topological polar surface area (TPSA) is 116 Å². The molecule has 4 rings (SSSR count). The summed E-state index contributed by atoms with van der Waals surface area (Å²) in [5.74, 6) is 0.186. The van der Waals surface area contributed by atoms with Crippen LogP contribution in [-0.2, 0) is 22.6 Å². The molecule has 9 nitrogen and oxygen atoms in total. The smallest absolute Gasteiger partial charge is 0.273 e. The molecule has 10 heteroatoms. The van der Waals surface area contributed by atoms with Crippen molar-refractivity contribution in [2.45, 2.75) is 39.1 Å². The summed E-state index contributed by atoms with van der Waals surface area (Å²) in [4.78, 5) is 23.9. The fourth-order valence-electron chi connectivity index (χ4n) is 3.79. The number of nitrogens with two attached hydrogens (primary N) is 1. The fraction of sp³-hybridized carbons (Fsp3) is 0.381. The highest BCUT2D eigenvalue weighted by molar-refractivity contribution is 6.29. The van der Waals surface area contributed by atoms with Crippen LogP contribution in [0.3, 0.4) is 0 Å². The largest absolute Gasteiger partial charge is 0.383 e. The van der Waals surface area contributed by atoms with Gasteiger partial charge in [0.25, 0.3) is 5.91 Å². The van der Waals surface area contributed by atoms with Crippen LogP contribution in [0.15, 0.2) is 24.4 Å². The van der Waals surface area contributed by atoms with Crippen molar-refractivity contribution >= 4 is 34.2 Å². The Morgan fingerprint density at radius 3 is 2.94 bits per heavy atom. The van der Waals surface area contributed by atoms with Crippen LogP contribution in [0.5, 0.6) is 0 Å². The molecule has 4 heterocycles. The molecule has 0 saturated heterocycles. The average Bonchev–Trinajstić information content (AvgIpc) is 3.15. The summed E-state index contributed by atoms with van der Waals surface area (Å²) in [6, 6.07) is 4.92. The van der Waals surface area contributed by atoms with Gasteiger partial charge in [-0.25, -0.2) is 9.97 Å². The first-order valence-electron chi connectivity index (χ1n) is 9.86. The minimum Gasteiger partial charge on any atom is -0.383 e. The number of ether oxygens (including phenoxy) is 2. The zero-order valence-electron chi connectivity index (χ0n) is 17.5. The molecule has 0 saturated carbocycles. The molecule has 0 spiro atoms. The number of hydrogen-bond donors (Lipinski definition) is 1. The third kappa shape index (κ3) is 4.16. The van der Waals surface area contributed by atoms with Gasteiger partial charge in [-0.1, -0.05) is 11.6 Å². The molecule has 0 fully saturated rings. The zero-order chi connectivity index (χ0) is 22.1. The van der Waals surface area contributed by atoms with Gasteiger partial charge in [0, 0.05) is 18.1 Å². The SMILES string of the molecule is COCC(C)N(Cc1ccc(Cl)nn1)C(=O)c1cc2c3c(c(N)nc2cn1)[C@@H](C)OC3. The number of fused-ring (bicyclic) bond motifs is 3. The highest BCUT2D eigenvalue weighted by Crippen LogP contribution is 2.38. The van der Waals surface area contributed by atoms with Crippen molar-refractivity contribution in [1.29, 1.82) is 0 Å². The molecule has 3 aromatic rings. The van der Waals surface area contributed by atoms with Crippen LogP contribution in [0, 0.1) is 0 Å². The molecule has 2 atom stereocenters. The van der Waals surface area contributed by atoms with Gasteiger partial charge in [-0.05, 0) is 37.6 Å². The van der Waals surface area contributed by atoms with Crippen LogP contribution >= 0.6 is 11.6 Å². The van der Waals surface area contributed by atoms with Crippen molar-refractivity contribution in [2.75, 3.05) is 19.5 Å². The van der Waals surface area contributed by atoms with Gasteiger partial charge in [0.1, 0.15) is 11.5 Å². The van der Waals surface area contributed by atoms with Crippen molar-refractivity contribution in [2.24, 2.45) is 0 Å². The first-order valence-corrected chi connectivity index (χ1v) is 10.2. The van der Waals surface area contributed by atoms with Crippen molar-refractivity contribution in [3.63, 3.8) is 0 Å². The quantitative estimate of drug-likeness (QED) is 0.619. The molecule has 1 unspecified atom stereocenters. The van der Waals surface area contributed by atoms with Crippen molar-refractivity contribution in [3.8, 4) is 0 Å². The predicted molar refractivity (Wildman–Crippen MR) is 115 cm³/mol. The lowest BCUT2D eigenvalue weighted by Gasteiger charge is -2.28. The first-order chi connectivity index (χ1) is 14.9. The van der Waals surface area contributed by atoms with E-state index in [0.29, 0.717) is 41.1 Å². The summed E-state index contributed by atoms with van der Waals surface area (Å²) in [7, 11) is 1.59. The monoisotopic (exact) mass is 442 g/mol. The van der Waals surface area contributed by atoms with Crippen LogP contribution < -0.4 is 5.73 Å². The Hall–Kier alpha value is -2.88. The molecule has 0 aromatic carbocycles. The van der Waals surface area contributed by atoms with Crippen LogP contribution in [0.2, 0.25) is 5.15 Å². The summed E-state index contributed by atoms with van der Waals surface area (Å²) < 4.78 is 11.0. The molecular weight excluding hydrogens is 420 g/mol. The van der Waals surface area contributed by atoms with Gasteiger partial charge in [0.05, 0.1) is 49.3 Å². The Labute approximate surface area is 184 Å². The van der Waals surface area contributed by atoms with Gasteiger partial charge >= 0.3 is 0 Å². The summed E-state index contributed by atoms with van der Waals surface area (Å²) in [6.07, 6.45) is 1.43. The number of carbonyl (C=O) groups excluding carboxylic acids is 1. The fourth-order valence-corrected chi connectivity index (χ4v) is 3.90. The van der Waals surface area contributed by atoms with E-state index in [1.165, 1.54) is 0 Å². The Balaban J connectivity index is 1.72. The molecule has 0 bridgehead atoms. The third-order valence-corrected chi connectivity index (χ3v) is 5.58. The molecule has 31 heavy (non-hydrogen) atoms. The van der Waals surface area contributed by atoms with E-state index in [4.69, 9.17) is 26.8 Å². The first kappa shape index (κ1) is 21.4. The Morgan fingerprint density at radius 1 is 1.42 bits per heavy atom. The molecule has 0 radical (unpaired) electrons. The maximum atomic E-state index is 13.5. The number of halogens is 1. The molecule has 1 aliphatic heterocycles. The number of amides is 1. The standard InChI is InChI=1S/C21H23ClN6O3/c1-11(9-30-3)28(8-13-4-5-18(22)27-26-13)21(29)16-6-14-15-10-31-12(2)19(15)20(23)25-17(14)7-24-16/h4-7,11-12H,8-10H2,1-3H3,(H2,23,25)/t11?,12-/m1/s1. The highest BCUT2D eigenvalue weighted by atomic mass is 35.5. The molecule has 2 N–H and O–H groups in total. The number of rotatable bonds is 6. The number of aromatic nitrogens is 4. The van der Waals surface area contributed by atoms with E-state index in [9.17, 15) is 4.79 Å². The van der Waals surface area contributed by atoms with Crippen molar-refractivity contribution < 1.29 is 14.3 Å². The highest BCUT2D eigenvalue weighted by Gasteiger charge is 2.28. The minimum atomic E-state index is -0.249. The van der Waals surface area contributed by atoms with Crippen molar-refractivity contribution in [3.05, 3.63) is 52.1 Å². The second-order valence-corrected chi connectivity index (χ2v) is 7.90. The van der Waals surface area contributed by atoms with Gasteiger partial charge in [0.2, 0.25) is 0 Å². The van der Waals surface area contributed by atoms with E-state index >= 15 is 0 Å². The zero-order valence-corrected chi connectivity index (χ0v) is 18.3. The van der Waals surface area contributed by atoms with E-state index in [1.807, 2.05) is 13.8 Å². The minimum absolute atomic E-state index is 0.138. The summed E-state index contributed by atoms with van der Waals surface area (Å²) in [5, 5.41) is 9.04. The number of pyridine rings is 2. The van der Waals surface area contributed by atoms with Gasteiger partial charge in [0.15, 0.2) is 5.15 Å². The number of carbonyl (C=O) groups is 1. The van der Waals surface area contributed by atoms with Crippen molar-refractivity contribution in [1.82, 2.24) is 25.1 Å². The normalized spacial score (nSPS) is 16.3. The van der Waals surface area contributed by atoms with Gasteiger partial charge in [-0.15, -0.1) is 5.10 Å². The van der Waals surface area contributed by atoms with E-state index in [2.05, 4.69) is 20.2 Å². The lowest BCUT2D eigenvalue weighted by Crippen LogP contribution is -2.41. The summed E-state index contributed by atoms with van der Waals surface area (Å²) >= 11 is 5.83. The lowest BCUT2D eigenvalue weighted by atomic mass is 10.0. The van der Waals surface area contributed by atoms with Crippen LogP contribution in [0.25, 0.3) is 10.9 Å². The van der Waals surface area contributed by atoms with E-state index < -0.39 is 0 Å². The van der Waals surface area contributed by atoms with E-state index in [1.54, 1.807) is 36.4 Å². The molecule has 3 aromatic heterocycles. The molecule has 162 valence electrons.